The van der Waals surface area contributed by atoms with Gasteiger partial charge in [-0.25, -0.2) is 0 Å². The minimum absolute atomic E-state index is 0.0430. The van der Waals surface area contributed by atoms with Crippen LogP contribution < -0.4 is 4.57 Å². The highest BCUT2D eigenvalue weighted by Gasteiger charge is 2.16. The first kappa shape index (κ1) is 13.3. The number of phenolic OH excluding ortho intramolecular Hbond substituents is 1. The Hall–Kier alpha value is -2.68. The third-order valence-electron chi connectivity index (χ3n) is 3.53. The molecule has 0 aliphatic heterocycles. The highest BCUT2D eigenvalue weighted by Crippen LogP contribution is 2.19. The Labute approximate surface area is 123 Å². The molecule has 3 heteroatoms. The highest BCUT2D eigenvalue weighted by atomic mass is 16.3. The molecule has 104 valence electrons. The fourth-order valence-corrected chi connectivity index (χ4v) is 2.40. The van der Waals surface area contributed by atoms with Crippen LogP contribution in [0.5, 0.6) is 5.75 Å². The molecule has 3 nitrogen and oxygen atoms in total. The fraction of sp³-hybridized carbons (Fsp3) is 0.111. The number of hydrogen-bond donors (Lipinski definition) is 1. The largest absolute Gasteiger partial charge is 0.507 e. The Morgan fingerprint density at radius 1 is 1.10 bits per heavy atom. The number of Topliss-reactive ketones (excluding diaryl/α,β-unsaturated/α-hetero) is 1. The van der Waals surface area contributed by atoms with Crippen molar-refractivity contribution in [1.29, 1.82) is 0 Å². The molecule has 0 fully saturated rings. The third-order valence-corrected chi connectivity index (χ3v) is 3.53. The predicted molar refractivity (Wildman–Crippen MR) is 81.3 cm³/mol. The number of nitrogens with zero attached hydrogens (tertiary/aromatic N) is 1. The number of rotatable bonds is 3. The van der Waals surface area contributed by atoms with E-state index in [1.165, 1.54) is 0 Å². The lowest BCUT2D eigenvalue weighted by Crippen LogP contribution is -2.37. The van der Waals surface area contributed by atoms with E-state index >= 15 is 0 Å². The van der Waals surface area contributed by atoms with Crippen molar-refractivity contribution in [2.45, 2.75) is 13.5 Å². The normalized spacial score (nSPS) is 10.7. The van der Waals surface area contributed by atoms with E-state index in [4.69, 9.17) is 0 Å². The van der Waals surface area contributed by atoms with Crippen molar-refractivity contribution >= 4 is 16.6 Å². The predicted octanol–water partition coefficient (Wildman–Crippen LogP) is 3.02. The maximum atomic E-state index is 12.3. The lowest BCUT2D eigenvalue weighted by molar-refractivity contribution is -0.681. The van der Waals surface area contributed by atoms with Crippen molar-refractivity contribution in [2.75, 3.05) is 0 Å². The summed E-state index contributed by atoms with van der Waals surface area (Å²) in [6, 6.07) is 15.1. The van der Waals surface area contributed by atoms with E-state index in [-0.39, 0.29) is 18.1 Å². The van der Waals surface area contributed by atoms with Gasteiger partial charge in [0.15, 0.2) is 12.4 Å². The van der Waals surface area contributed by atoms with E-state index in [2.05, 4.69) is 0 Å². The van der Waals surface area contributed by atoms with Gasteiger partial charge in [0.05, 0.1) is 5.56 Å². The molecule has 21 heavy (non-hydrogen) atoms. The highest BCUT2D eigenvalue weighted by molar-refractivity contribution is 5.97. The standard InChI is InChI=1S/C18H15NO2/c1-13-6-7-16(17(20)10-13)18(21)12-19-9-8-14-4-2-3-5-15(14)11-19/h2-11H,12H2,1H3/p+1. The number of aromatic hydroxyl groups is 1. The van der Waals surface area contributed by atoms with Crippen molar-refractivity contribution in [2.24, 2.45) is 0 Å². The molecule has 0 saturated carbocycles. The van der Waals surface area contributed by atoms with Gasteiger partial charge < -0.3 is 5.11 Å². The van der Waals surface area contributed by atoms with Crippen molar-refractivity contribution in [3.8, 4) is 5.75 Å². The Morgan fingerprint density at radius 3 is 2.62 bits per heavy atom. The van der Waals surface area contributed by atoms with Gasteiger partial charge in [-0.05, 0) is 36.1 Å². The lowest BCUT2D eigenvalue weighted by Gasteiger charge is -2.03. The molecular weight excluding hydrogens is 262 g/mol. The summed E-state index contributed by atoms with van der Waals surface area (Å²) in [6.07, 6.45) is 3.82. The molecule has 1 aromatic heterocycles. The molecule has 1 heterocycles. The summed E-state index contributed by atoms with van der Waals surface area (Å²) in [5.41, 5.74) is 1.30. The van der Waals surface area contributed by atoms with E-state index in [1.807, 2.05) is 60.3 Å². The SMILES string of the molecule is Cc1ccc(C(=O)C[n+]2ccc3ccccc3c2)c(O)c1. The van der Waals surface area contributed by atoms with Gasteiger partial charge in [-0.3, -0.25) is 4.79 Å². The minimum atomic E-state index is -0.104. The molecule has 0 aliphatic rings. The zero-order valence-electron chi connectivity index (χ0n) is 11.8. The van der Waals surface area contributed by atoms with Crippen LogP contribution in [-0.4, -0.2) is 10.9 Å². The van der Waals surface area contributed by atoms with E-state index in [0.29, 0.717) is 5.56 Å². The number of ketones is 1. The molecule has 0 saturated heterocycles. The smallest absolute Gasteiger partial charge is 0.231 e. The summed E-state index contributed by atoms with van der Waals surface area (Å²) in [5.74, 6) is -0.0610. The second-order valence-corrected chi connectivity index (χ2v) is 5.19. The quantitative estimate of drug-likeness (QED) is 0.591. The molecule has 0 radical (unpaired) electrons. The van der Waals surface area contributed by atoms with Crippen molar-refractivity contribution in [3.63, 3.8) is 0 Å². The molecule has 1 N–H and O–H groups in total. The molecule has 0 spiro atoms. The number of aryl methyl sites for hydroxylation is 1. The monoisotopic (exact) mass is 278 g/mol. The second-order valence-electron chi connectivity index (χ2n) is 5.19. The van der Waals surface area contributed by atoms with Crippen LogP contribution in [0, 0.1) is 6.92 Å². The number of aromatic nitrogens is 1. The number of hydrogen-bond acceptors (Lipinski definition) is 2. The van der Waals surface area contributed by atoms with Gasteiger partial charge in [0.2, 0.25) is 12.3 Å². The van der Waals surface area contributed by atoms with Crippen LogP contribution in [0.4, 0.5) is 0 Å². The van der Waals surface area contributed by atoms with Crippen molar-refractivity contribution < 1.29 is 14.5 Å². The van der Waals surface area contributed by atoms with E-state index in [9.17, 15) is 9.90 Å². The van der Waals surface area contributed by atoms with Gasteiger partial charge in [0.25, 0.3) is 0 Å². The summed E-state index contributed by atoms with van der Waals surface area (Å²) in [5, 5.41) is 12.1. The van der Waals surface area contributed by atoms with Gasteiger partial charge in [-0.15, -0.1) is 0 Å². The first-order chi connectivity index (χ1) is 10.1. The van der Waals surface area contributed by atoms with Crippen LogP contribution in [0.15, 0.2) is 60.9 Å². The topological polar surface area (TPSA) is 41.2 Å². The minimum Gasteiger partial charge on any atom is -0.507 e. The van der Waals surface area contributed by atoms with Crippen molar-refractivity contribution in [3.05, 3.63) is 72.1 Å². The fourth-order valence-electron chi connectivity index (χ4n) is 2.40. The number of benzene rings is 2. The van der Waals surface area contributed by atoms with Crippen LogP contribution in [0.25, 0.3) is 10.8 Å². The van der Waals surface area contributed by atoms with E-state index < -0.39 is 0 Å². The first-order valence-corrected chi connectivity index (χ1v) is 6.84. The van der Waals surface area contributed by atoms with Crippen LogP contribution in [-0.2, 0) is 6.54 Å². The summed E-state index contributed by atoms with van der Waals surface area (Å²) >= 11 is 0. The molecule has 2 aromatic carbocycles. The van der Waals surface area contributed by atoms with Gasteiger partial charge >= 0.3 is 0 Å². The molecule has 3 rings (SSSR count). The number of fused-ring (bicyclic) bond motifs is 1. The third kappa shape index (κ3) is 2.77. The molecule has 0 atom stereocenters. The first-order valence-electron chi connectivity index (χ1n) is 6.84. The Morgan fingerprint density at radius 2 is 1.86 bits per heavy atom. The zero-order valence-corrected chi connectivity index (χ0v) is 11.8. The molecule has 0 bridgehead atoms. The molecule has 0 unspecified atom stereocenters. The molecule has 0 amide bonds. The van der Waals surface area contributed by atoms with Gasteiger partial charge in [0.1, 0.15) is 5.75 Å². The van der Waals surface area contributed by atoms with E-state index in [1.54, 1.807) is 12.1 Å². The summed E-state index contributed by atoms with van der Waals surface area (Å²) < 4.78 is 1.84. The summed E-state index contributed by atoms with van der Waals surface area (Å²) in [6.45, 7) is 2.09. The van der Waals surface area contributed by atoms with Crippen LogP contribution in [0.3, 0.4) is 0 Å². The number of phenols is 1. The van der Waals surface area contributed by atoms with Crippen molar-refractivity contribution in [1.82, 2.24) is 0 Å². The van der Waals surface area contributed by atoms with Crippen LogP contribution in [0.1, 0.15) is 15.9 Å². The maximum absolute atomic E-state index is 12.3. The Bertz CT molecular complexity index is 824. The second kappa shape index (κ2) is 5.37. The maximum Gasteiger partial charge on any atom is 0.231 e. The zero-order chi connectivity index (χ0) is 14.8. The number of carbonyl (C=O) groups is 1. The average Bonchev–Trinajstić information content (AvgIpc) is 2.47. The lowest BCUT2D eigenvalue weighted by atomic mass is 10.1. The molecule has 0 aliphatic carbocycles. The molecule has 3 aromatic rings. The van der Waals surface area contributed by atoms with E-state index in [0.717, 1.165) is 16.3 Å². The average molecular weight is 278 g/mol. The Kier molecular flexibility index (Phi) is 3.40. The van der Waals surface area contributed by atoms with Crippen LogP contribution in [0.2, 0.25) is 0 Å². The van der Waals surface area contributed by atoms with Gasteiger partial charge in [-0.2, -0.15) is 4.57 Å². The number of carbonyl (C=O) groups excluding carboxylic acids is 1. The molecular formula is C18H16NO2+. The number of pyridine rings is 1. The van der Waals surface area contributed by atoms with Gasteiger partial charge in [0, 0.05) is 11.5 Å². The van der Waals surface area contributed by atoms with Crippen LogP contribution >= 0.6 is 0 Å². The summed E-state index contributed by atoms with van der Waals surface area (Å²) in [4.78, 5) is 12.3. The van der Waals surface area contributed by atoms with Gasteiger partial charge in [-0.1, -0.05) is 24.3 Å². The summed E-state index contributed by atoms with van der Waals surface area (Å²) in [7, 11) is 0. The Balaban J connectivity index is 1.89.